The lowest BCUT2D eigenvalue weighted by molar-refractivity contribution is 0.206. The third-order valence-corrected chi connectivity index (χ3v) is 3.95. The van der Waals surface area contributed by atoms with Gasteiger partial charge in [-0.3, -0.25) is 14.7 Å². The van der Waals surface area contributed by atoms with Crippen LogP contribution in [0.3, 0.4) is 0 Å². The molecule has 8 heteroatoms. The van der Waals surface area contributed by atoms with Crippen LogP contribution in [-0.2, 0) is 6.54 Å². The molecule has 24 heavy (non-hydrogen) atoms. The summed E-state index contributed by atoms with van der Waals surface area (Å²) in [7, 11) is 0. The number of amides is 2. The van der Waals surface area contributed by atoms with Crippen molar-refractivity contribution in [1.82, 2.24) is 24.5 Å². The lowest BCUT2D eigenvalue weighted by Gasteiger charge is -2.22. The molecule has 4 rings (SSSR count). The Morgan fingerprint density at radius 1 is 1.29 bits per heavy atom. The Kier molecular flexibility index (Phi) is 3.56. The summed E-state index contributed by atoms with van der Waals surface area (Å²) in [5, 5.41) is 10.7. The zero-order valence-corrected chi connectivity index (χ0v) is 12.8. The molecule has 0 spiro atoms. The third kappa shape index (κ3) is 2.90. The fourth-order valence-corrected chi connectivity index (χ4v) is 2.55. The number of rotatable bonds is 4. The molecule has 2 amide bonds. The van der Waals surface area contributed by atoms with E-state index in [-0.39, 0.29) is 17.9 Å². The van der Waals surface area contributed by atoms with E-state index in [1.54, 1.807) is 40.0 Å². The van der Waals surface area contributed by atoms with Gasteiger partial charge >= 0.3 is 6.03 Å². The first-order valence-corrected chi connectivity index (χ1v) is 7.67. The second kappa shape index (κ2) is 5.88. The maximum absolute atomic E-state index is 13.0. The standard InChI is InChI=1S/C16H15FN6O/c17-12-3-1-11(2-4-12)10-23(13-5-6-13)16(24)19-15-21-20-14-9-18-7-8-22(14)15/h1-4,7-9,13H,5-6,10H2,(H,19,21,24). The Morgan fingerprint density at radius 2 is 2.08 bits per heavy atom. The first-order chi connectivity index (χ1) is 11.7. The summed E-state index contributed by atoms with van der Waals surface area (Å²) in [6.45, 7) is 0.426. The third-order valence-electron chi connectivity index (χ3n) is 3.95. The van der Waals surface area contributed by atoms with E-state index in [1.807, 2.05) is 0 Å². The van der Waals surface area contributed by atoms with Crippen molar-refractivity contribution >= 4 is 17.6 Å². The summed E-state index contributed by atoms with van der Waals surface area (Å²) in [6, 6.07) is 6.14. The van der Waals surface area contributed by atoms with Crippen molar-refractivity contribution in [3.63, 3.8) is 0 Å². The Hall–Kier alpha value is -3.03. The fourth-order valence-electron chi connectivity index (χ4n) is 2.55. The summed E-state index contributed by atoms with van der Waals surface area (Å²) in [4.78, 5) is 18.4. The molecule has 1 aromatic carbocycles. The molecule has 0 radical (unpaired) electrons. The minimum atomic E-state index is -0.287. The predicted octanol–water partition coefficient (Wildman–Crippen LogP) is 2.46. The van der Waals surface area contributed by atoms with Gasteiger partial charge in [-0.05, 0) is 30.5 Å². The van der Waals surface area contributed by atoms with Crippen molar-refractivity contribution in [3.05, 3.63) is 54.2 Å². The van der Waals surface area contributed by atoms with Crippen LogP contribution in [0, 0.1) is 5.82 Å². The van der Waals surface area contributed by atoms with Crippen molar-refractivity contribution in [2.24, 2.45) is 0 Å². The average Bonchev–Trinajstić information content (AvgIpc) is 3.36. The van der Waals surface area contributed by atoms with Gasteiger partial charge in [0.25, 0.3) is 0 Å². The maximum atomic E-state index is 13.0. The van der Waals surface area contributed by atoms with Crippen LogP contribution in [0.15, 0.2) is 42.9 Å². The highest BCUT2D eigenvalue weighted by Gasteiger charge is 2.33. The Balaban J connectivity index is 1.53. The zero-order valence-electron chi connectivity index (χ0n) is 12.8. The normalized spacial score (nSPS) is 13.9. The summed E-state index contributed by atoms with van der Waals surface area (Å²) in [5.41, 5.74) is 1.44. The highest BCUT2D eigenvalue weighted by atomic mass is 19.1. The number of hydrogen-bond acceptors (Lipinski definition) is 4. The number of carbonyl (C=O) groups is 1. The van der Waals surface area contributed by atoms with Crippen LogP contribution in [0.5, 0.6) is 0 Å². The fraction of sp³-hybridized carbons (Fsp3) is 0.250. The van der Waals surface area contributed by atoms with Crippen molar-refractivity contribution in [3.8, 4) is 0 Å². The van der Waals surface area contributed by atoms with Crippen molar-refractivity contribution in [2.45, 2.75) is 25.4 Å². The number of nitrogens with zero attached hydrogens (tertiary/aromatic N) is 5. The Bertz CT molecular complexity index is 874. The molecule has 1 saturated carbocycles. The molecule has 1 fully saturated rings. The molecule has 0 bridgehead atoms. The Labute approximate surface area is 137 Å². The molecule has 0 aliphatic heterocycles. The van der Waals surface area contributed by atoms with Gasteiger partial charge in [-0.1, -0.05) is 12.1 Å². The van der Waals surface area contributed by atoms with Crippen LogP contribution in [0.25, 0.3) is 5.65 Å². The molecule has 2 aromatic heterocycles. The number of urea groups is 1. The van der Waals surface area contributed by atoms with Crippen molar-refractivity contribution in [2.75, 3.05) is 5.32 Å². The van der Waals surface area contributed by atoms with E-state index < -0.39 is 0 Å². The van der Waals surface area contributed by atoms with Gasteiger partial charge < -0.3 is 4.90 Å². The number of hydrogen-bond donors (Lipinski definition) is 1. The molecule has 0 atom stereocenters. The number of anilines is 1. The number of nitrogens with one attached hydrogen (secondary N) is 1. The number of benzene rings is 1. The number of carbonyl (C=O) groups excluding carboxylic acids is 1. The summed E-state index contributed by atoms with van der Waals surface area (Å²) < 4.78 is 14.7. The molecule has 7 nitrogen and oxygen atoms in total. The van der Waals surface area contributed by atoms with Gasteiger partial charge in [0.05, 0.1) is 6.20 Å². The largest absolute Gasteiger partial charge is 0.324 e. The van der Waals surface area contributed by atoms with Crippen LogP contribution >= 0.6 is 0 Å². The smallest absolute Gasteiger partial charge is 0.317 e. The van der Waals surface area contributed by atoms with Crippen LogP contribution < -0.4 is 5.32 Å². The first-order valence-electron chi connectivity index (χ1n) is 7.67. The highest BCUT2D eigenvalue weighted by molar-refractivity contribution is 5.88. The summed E-state index contributed by atoms with van der Waals surface area (Å²) >= 11 is 0. The lowest BCUT2D eigenvalue weighted by atomic mass is 10.2. The number of halogens is 1. The second-order valence-electron chi connectivity index (χ2n) is 5.74. The molecular weight excluding hydrogens is 311 g/mol. The minimum absolute atomic E-state index is 0.205. The van der Waals surface area contributed by atoms with E-state index in [0.29, 0.717) is 18.1 Å². The SMILES string of the molecule is O=C(Nc1nnc2cnccn12)N(Cc1ccc(F)cc1)C1CC1. The number of aromatic nitrogens is 4. The van der Waals surface area contributed by atoms with Crippen molar-refractivity contribution < 1.29 is 9.18 Å². The van der Waals surface area contributed by atoms with Crippen molar-refractivity contribution in [1.29, 1.82) is 0 Å². The highest BCUT2D eigenvalue weighted by Crippen LogP contribution is 2.29. The van der Waals surface area contributed by atoms with Crippen LogP contribution in [0.1, 0.15) is 18.4 Å². The topological polar surface area (TPSA) is 75.4 Å². The van der Waals surface area contributed by atoms with Gasteiger partial charge in [-0.25, -0.2) is 9.18 Å². The molecule has 0 saturated heterocycles. The van der Waals surface area contributed by atoms with Crippen LogP contribution in [0.2, 0.25) is 0 Å². The molecule has 0 unspecified atom stereocenters. The molecule has 1 aliphatic rings. The van der Waals surface area contributed by atoms with E-state index in [2.05, 4.69) is 20.5 Å². The van der Waals surface area contributed by atoms with E-state index in [9.17, 15) is 9.18 Å². The number of fused-ring (bicyclic) bond motifs is 1. The molecule has 2 heterocycles. The van der Waals surface area contributed by atoms with E-state index in [1.165, 1.54) is 12.1 Å². The van der Waals surface area contributed by atoms with Gasteiger partial charge in [0, 0.05) is 25.0 Å². The predicted molar refractivity (Wildman–Crippen MR) is 84.8 cm³/mol. The Morgan fingerprint density at radius 3 is 2.83 bits per heavy atom. The van der Waals surface area contributed by atoms with E-state index in [4.69, 9.17) is 0 Å². The molecular formula is C16H15FN6O. The molecule has 122 valence electrons. The monoisotopic (exact) mass is 326 g/mol. The molecule has 1 aliphatic carbocycles. The minimum Gasteiger partial charge on any atom is -0.317 e. The lowest BCUT2D eigenvalue weighted by Crippen LogP contribution is -2.36. The molecule has 3 aromatic rings. The van der Waals surface area contributed by atoms with Gasteiger partial charge in [0.15, 0.2) is 5.65 Å². The van der Waals surface area contributed by atoms with E-state index >= 15 is 0 Å². The second-order valence-corrected chi connectivity index (χ2v) is 5.74. The zero-order chi connectivity index (χ0) is 16.5. The van der Waals surface area contributed by atoms with Gasteiger partial charge in [-0.2, -0.15) is 0 Å². The van der Waals surface area contributed by atoms with E-state index in [0.717, 1.165) is 18.4 Å². The maximum Gasteiger partial charge on any atom is 0.324 e. The first kappa shape index (κ1) is 14.6. The van der Waals surface area contributed by atoms with Gasteiger partial charge in [0.2, 0.25) is 5.95 Å². The van der Waals surface area contributed by atoms with Gasteiger partial charge in [-0.15, -0.1) is 10.2 Å². The van der Waals surface area contributed by atoms with Crippen LogP contribution in [-0.4, -0.2) is 36.6 Å². The van der Waals surface area contributed by atoms with Gasteiger partial charge in [0.1, 0.15) is 5.82 Å². The summed E-state index contributed by atoms with van der Waals surface area (Å²) in [6.07, 6.45) is 6.80. The van der Waals surface area contributed by atoms with Crippen LogP contribution in [0.4, 0.5) is 15.1 Å². The summed E-state index contributed by atoms with van der Waals surface area (Å²) in [5.74, 6) is 0.0619. The molecule has 1 N–H and O–H groups in total. The average molecular weight is 326 g/mol. The quantitative estimate of drug-likeness (QED) is 0.799.